The second-order valence-corrected chi connectivity index (χ2v) is 11.5. The normalized spacial score (nSPS) is 16.8. The van der Waals surface area contributed by atoms with E-state index in [0.29, 0.717) is 31.6 Å². The highest BCUT2D eigenvalue weighted by molar-refractivity contribution is 7.92. The summed E-state index contributed by atoms with van der Waals surface area (Å²) in [5.41, 5.74) is 0.778. The van der Waals surface area contributed by atoms with Crippen LogP contribution in [0.5, 0.6) is 0 Å². The number of piperidine rings is 1. The summed E-state index contributed by atoms with van der Waals surface area (Å²) in [6.07, 6.45) is 2.19. The van der Waals surface area contributed by atoms with Gasteiger partial charge in [-0.1, -0.05) is 6.07 Å². The van der Waals surface area contributed by atoms with Crippen molar-refractivity contribution in [1.82, 2.24) is 15.1 Å². The molecule has 0 unspecified atom stereocenters. The number of carbonyl (C=O) groups excluding carboxylic acids is 2. The Bertz CT molecular complexity index is 1390. The maximum atomic E-state index is 13.5. The van der Waals surface area contributed by atoms with Gasteiger partial charge < -0.3 is 15.1 Å². The Kier molecular flexibility index (Phi) is 6.88. The SMILES string of the molecule is O=C(Nc1ccc(S(=O)(=O)C2CCN(C(=O)c3cccc(F)c3)CC2)cc1)C1CN(c2cccnn2)C1. The van der Waals surface area contributed by atoms with Crippen LogP contribution in [0, 0.1) is 11.7 Å². The smallest absolute Gasteiger partial charge is 0.253 e. The van der Waals surface area contributed by atoms with Crippen LogP contribution in [-0.4, -0.2) is 66.8 Å². The lowest BCUT2D eigenvalue weighted by Crippen LogP contribution is -2.52. The fraction of sp³-hybridized carbons (Fsp3) is 0.308. The summed E-state index contributed by atoms with van der Waals surface area (Å²) in [5, 5.41) is 10.1. The topological polar surface area (TPSA) is 113 Å². The zero-order valence-corrected chi connectivity index (χ0v) is 20.8. The molecule has 37 heavy (non-hydrogen) atoms. The molecule has 2 aliphatic rings. The molecule has 2 aromatic carbocycles. The Balaban J connectivity index is 1.14. The van der Waals surface area contributed by atoms with E-state index in [1.807, 2.05) is 11.0 Å². The van der Waals surface area contributed by atoms with Crippen molar-refractivity contribution in [3.8, 4) is 0 Å². The summed E-state index contributed by atoms with van der Waals surface area (Å²) in [6.45, 7) is 1.63. The third-order valence-electron chi connectivity index (χ3n) is 6.82. The highest BCUT2D eigenvalue weighted by Crippen LogP contribution is 2.27. The molecule has 0 radical (unpaired) electrons. The minimum absolute atomic E-state index is 0.133. The average molecular weight is 524 g/mol. The number of anilines is 2. The molecule has 0 atom stereocenters. The van der Waals surface area contributed by atoms with Crippen LogP contribution in [0.25, 0.3) is 0 Å². The number of halogens is 1. The van der Waals surface area contributed by atoms with E-state index in [2.05, 4.69) is 15.5 Å². The van der Waals surface area contributed by atoms with Crippen molar-refractivity contribution >= 4 is 33.2 Å². The van der Waals surface area contributed by atoms with Gasteiger partial charge in [-0.2, -0.15) is 5.10 Å². The third-order valence-corrected chi connectivity index (χ3v) is 9.10. The van der Waals surface area contributed by atoms with Crippen LogP contribution >= 0.6 is 0 Å². The molecule has 1 N–H and O–H groups in total. The van der Waals surface area contributed by atoms with Crippen molar-refractivity contribution in [2.24, 2.45) is 5.92 Å². The predicted octanol–water partition coefficient (Wildman–Crippen LogP) is 2.77. The number of amides is 2. The molecule has 2 amide bonds. The van der Waals surface area contributed by atoms with Gasteiger partial charge in [0, 0.05) is 43.6 Å². The summed E-state index contributed by atoms with van der Waals surface area (Å²) in [5.74, 6) is -0.386. The molecule has 0 spiro atoms. The van der Waals surface area contributed by atoms with Crippen LogP contribution in [-0.2, 0) is 14.6 Å². The fourth-order valence-corrected chi connectivity index (χ4v) is 6.36. The van der Waals surface area contributed by atoms with E-state index in [0.717, 1.165) is 5.82 Å². The fourth-order valence-electron chi connectivity index (χ4n) is 4.63. The van der Waals surface area contributed by atoms with Gasteiger partial charge in [0.1, 0.15) is 5.82 Å². The maximum Gasteiger partial charge on any atom is 0.253 e. The molecular weight excluding hydrogens is 497 g/mol. The van der Waals surface area contributed by atoms with Crippen LogP contribution in [0.1, 0.15) is 23.2 Å². The zero-order valence-electron chi connectivity index (χ0n) is 20.0. The number of sulfone groups is 1. The van der Waals surface area contributed by atoms with Gasteiger partial charge in [0.25, 0.3) is 5.91 Å². The van der Waals surface area contributed by atoms with Gasteiger partial charge in [0.15, 0.2) is 15.7 Å². The number of hydrogen-bond acceptors (Lipinski definition) is 7. The predicted molar refractivity (Wildman–Crippen MR) is 135 cm³/mol. The van der Waals surface area contributed by atoms with E-state index in [-0.39, 0.29) is 41.3 Å². The lowest BCUT2D eigenvalue weighted by atomic mass is 9.99. The first-order chi connectivity index (χ1) is 17.8. The van der Waals surface area contributed by atoms with Crippen LogP contribution in [0.15, 0.2) is 71.8 Å². The van der Waals surface area contributed by atoms with Gasteiger partial charge in [-0.25, -0.2) is 12.8 Å². The Morgan fingerprint density at radius 3 is 2.35 bits per heavy atom. The van der Waals surface area contributed by atoms with E-state index >= 15 is 0 Å². The molecule has 3 heterocycles. The lowest BCUT2D eigenvalue weighted by molar-refractivity contribution is -0.120. The van der Waals surface area contributed by atoms with Crippen molar-refractivity contribution in [3.05, 3.63) is 78.2 Å². The summed E-state index contributed by atoms with van der Waals surface area (Å²) < 4.78 is 39.8. The standard InChI is InChI=1S/C26H26FN5O4S/c27-20-4-1-3-18(15-20)26(34)31-13-10-23(11-14-31)37(35,36)22-8-6-21(7-9-22)29-25(33)19-16-32(17-19)24-5-2-12-28-30-24/h1-9,12,15,19,23H,10-11,13-14,16-17H2,(H,29,33). The minimum atomic E-state index is -3.61. The summed E-state index contributed by atoms with van der Waals surface area (Å²) in [7, 11) is -3.61. The largest absolute Gasteiger partial charge is 0.353 e. The lowest BCUT2D eigenvalue weighted by Gasteiger charge is -2.38. The van der Waals surface area contributed by atoms with E-state index < -0.39 is 20.9 Å². The number of benzene rings is 2. The van der Waals surface area contributed by atoms with Gasteiger partial charge >= 0.3 is 0 Å². The molecule has 0 saturated carbocycles. The van der Waals surface area contributed by atoms with Crippen LogP contribution in [0.4, 0.5) is 15.9 Å². The van der Waals surface area contributed by atoms with E-state index in [1.165, 1.54) is 30.3 Å². The van der Waals surface area contributed by atoms with Crippen LogP contribution in [0.2, 0.25) is 0 Å². The molecule has 0 aliphatic carbocycles. The van der Waals surface area contributed by atoms with E-state index in [4.69, 9.17) is 0 Å². The van der Waals surface area contributed by atoms with Crippen LogP contribution < -0.4 is 10.2 Å². The molecule has 3 aromatic rings. The molecule has 2 aliphatic heterocycles. The first-order valence-corrected chi connectivity index (χ1v) is 13.6. The number of nitrogens with zero attached hydrogens (tertiary/aromatic N) is 4. The molecule has 1 aromatic heterocycles. The first kappa shape index (κ1) is 24.8. The Morgan fingerprint density at radius 2 is 1.70 bits per heavy atom. The zero-order chi connectivity index (χ0) is 26.0. The summed E-state index contributed by atoms with van der Waals surface area (Å²) in [6, 6.07) is 15.3. The number of likely N-dealkylation sites (tertiary alicyclic amines) is 1. The van der Waals surface area contributed by atoms with Crippen molar-refractivity contribution in [2.75, 3.05) is 36.4 Å². The summed E-state index contributed by atoms with van der Waals surface area (Å²) in [4.78, 5) is 28.9. The molecule has 2 fully saturated rings. The Hall–Kier alpha value is -3.86. The average Bonchev–Trinajstić information content (AvgIpc) is 2.88. The second-order valence-electron chi connectivity index (χ2n) is 9.24. The van der Waals surface area contributed by atoms with Gasteiger partial charge in [-0.15, -0.1) is 5.10 Å². The van der Waals surface area contributed by atoms with Crippen molar-refractivity contribution in [3.63, 3.8) is 0 Å². The highest BCUT2D eigenvalue weighted by atomic mass is 32.2. The number of carbonyl (C=O) groups is 2. The Morgan fingerprint density at radius 1 is 0.973 bits per heavy atom. The van der Waals surface area contributed by atoms with Crippen molar-refractivity contribution < 1.29 is 22.4 Å². The minimum Gasteiger partial charge on any atom is -0.353 e. The second kappa shape index (κ2) is 10.3. The molecular formula is C26H26FN5O4S. The molecule has 11 heteroatoms. The molecule has 2 saturated heterocycles. The molecule has 9 nitrogen and oxygen atoms in total. The van der Waals surface area contributed by atoms with Gasteiger partial charge in [-0.05, 0) is 67.4 Å². The first-order valence-electron chi connectivity index (χ1n) is 12.0. The Labute approximate surface area is 214 Å². The number of nitrogens with one attached hydrogen (secondary N) is 1. The maximum absolute atomic E-state index is 13.5. The number of rotatable bonds is 6. The number of aromatic nitrogens is 2. The summed E-state index contributed by atoms with van der Waals surface area (Å²) >= 11 is 0. The number of hydrogen-bond donors (Lipinski definition) is 1. The molecule has 0 bridgehead atoms. The van der Waals surface area contributed by atoms with Gasteiger partial charge in [-0.3, -0.25) is 9.59 Å². The third kappa shape index (κ3) is 5.31. The highest BCUT2D eigenvalue weighted by Gasteiger charge is 2.35. The van der Waals surface area contributed by atoms with Crippen LogP contribution in [0.3, 0.4) is 0 Å². The van der Waals surface area contributed by atoms with Gasteiger partial charge in [0.2, 0.25) is 5.91 Å². The molecule has 192 valence electrons. The van der Waals surface area contributed by atoms with E-state index in [9.17, 15) is 22.4 Å². The van der Waals surface area contributed by atoms with E-state index in [1.54, 1.807) is 35.4 Å². The van der Waals surface area contributed by atoms with Crippen molar-refractivity contribution in [1.29, 1.82) is 0 Å². The van der Waals surface area contributed by atoms with Gasteiger partial charge in [0.05, 0.1) is 16.1 Å². The van der Waals surface area contributed by atoms with Crippen molar-refractivity contribution in [2.45, 2.75) is 23.0 Å². The molecule has 5 rings (SSSR count). The monoisotopic (exact) mass is 523 g/mol. The quantitative estimate of drug-likeness (QED) is 0.529.